The molecule has 0 saturated carbocycles. The minimum absolute atomic E-state index is 0.274. The number of aromatic nitrogens is 2. The van der Waals surface area contributed by atoms with Crippen molar-refractivity contribution in [2.45, 2.75) is 22.2 Å². The van der Waals surface area contributed by atoms with Crippen LogP contribution < -0.4 is 5.73 Å². The zero-order chi connectivity index (χ0) is 11.5. The molecule has 0 fully saturated rings. The van der Waals surface area contributed by atoms with Crippen LogP contribution in [0.3, 0.4) is 0 Å². The second-order valence-corrected chi connectivity index (χ2v) is 5.32. The average Bonchev–Trinajstić information content (AvgIpc) is 2.70. The van der Waals surface area contributed by atoms with Gasteiger partial charge in [0.15, 0.2) is 4.34 Å². The fourth-order valence-corrected chi connectivity index (χ4v) is 3.00. The Kier molecular flexibility index (Phi) is 3.52. The third-order valence-corrected chi connectivity index (χ3v) is 3.80. The van der Waals surface area contributed by atoms with Crippen molar-refractivity contribution in [3.63, 3.8) is 0 Å². The minimum Gasteiger partial charge on any atom is -0.324 e. The van der Waals surface area contributed by atoms with Crippen molar-refractivity contribution in [3.8, 4) is 0 Å². The van der Waals surface area contributed by atoms with Crippen molar-refractivity contribution >= 4 is 23.3 Å². The molecule has 0 spiro atoms. The zero-order valence-electron chi connectivity index (χ0n) is 8.55. The molecule has 1 aromatic heterocycles. The summed E-state index contributed by atoms with van der Waals surface area (Å²) in [6, 6.07) is 4.60. The summed E-state index contributed by atoms with van der Waals surface area (Å²) in [6.07, 6.45) is 1.48. The number of halogens is 1. The third-order valence-electron chi connectivity index (χ3n) is 2.01. The Balaban J connectivity index is 2.37. The Hall–Kier alpha value is -0.980. The second-order valence-electron chi connectivity index (χ2n) is 3.25. The molecule has 0 bridgehead atoms. The van der Waals surface area contributed by atoms with E-state index in [-0.39, 0.29) is 11.9 Å². The molecule has 0 amide bonds. The van der Waals surface area contributed by atoms with E-state index in [1.54, 1.807) is 13.0 Å². The van der Waals surface area contributed by atoms with Crippen LogP contribution in [-0.4, -0.2) is 9.36 Å². The highest BCUT2D eigenvalue weighted by molar-refractivity contribution is 8.01. The first-order valence-electron chi connectivity index (χ1n) is 4.67. The van der Waals surface area contributed by atoms with Crippen molar-refractivity contribution in [2.24, 2.45) is 5.73 Å². The summed E-state index contributed by atoms with van der Waals surface area (Å²) < 4.78 is 18.3. The normalized spacial score (nSPS) is 12.7. The molecule has 0 aliphatic heterocycles. The first-order valence-corrected chi connectivity index (χ1v) is 6.26. The predicted molar refractivity (Wildman–Crippen MR) is 63.0 cm³/mol. The van der Waals surface area contributed by atoms with Gasteiger partial charge >= 0.3 is 0 Å². The molecule has 2 N–H and O–H groups in total. The van der Waals surface area contributed by atoms with Crippen LogP contribution in [0, 0.1) is 5.82 Å². The SMILES string of the molecule is C[C@H](N)c1c(F)cccc1Sc1ncns1. The zero-order valence-corrected chi connectivity index (χ0v) is 10.2. The molecular formula is C10H10FN3S2. The van der Waals surface area contributed by atoms with Crippen molar-refractivity contribution in [1.29, 1.82) is 0 Å². The summed E-state index contributed by atoms with van der Waals surface area (Å²) in [7, 11) is 0. The minimum atomic E-state index is -0.336. The molecule has 1 aromatic carbocycles. The van der Waals surface area contributed by atoms with E-state index in [1.807, 2.05) is 6.07 Å². The highest BCUT2D eigenvalue weighted by atomic mass is 32.2. The molecule has 3 nitrogen and oxygen atoms in total. The van der Waals surface area contributed by atoms with Gasteiger partial charge in [-0.2, -0.15) is 4.37 Å². The fraction of sp³-hybridized carbons (Fsp3) is 0.200. The van der Waals surface area contributed by atoms with Gasteiger partial charge in [-0.3, -0.25) is 0 Å². The van der Waals surface area contributed by atoms with Gasteiger partial charge in [-0.15, -0.1) is 0 Å². The van der Waals surface area contributed by atoms with Gasteiger partial charge in [0.1, 0.15) is 12.1 Å². The molecule has 2 rings (SSSR count). The van der Waals surface area contributed by atoms with Crippen LogP contribution in [0.25, 0.3) is 0 Å². The topological polar surface area (TPSA) is 51.8 Å². The number of rotatable bonds is 3. The van der Waals surface area contributed by atoms with Crippen molar-refractivity contribution in [2.75, 3.05) is 0 Å². The Labute approximate surface area is 101 Å². The molecule has 0 radical (unpaired) electrons. The first-order chi connectivity index (χ1) is 7.68. The van der Waals surface area contributed by atoms with Gasteiger partial charge in [-0.1, -0.05) is 17.8 Å². The van der Waals surface area contributed by atoms with Crippen molar-refractivity contribution in [3.05, 3.63) is 35.9 Å². The van der Waals surface area contributed by atoms with Gasteiger partial charge in [0.05, 0.1) is 0 Å². The number of nitrogens with two attached hydrogens (primary N) is 1. The lowest BCUT2D eigenvalue weighted by Gasteiger charge is -2.11. The first kappa shape index (κ1) is 11.5. The summed E-state index contributed by atoms with van der Waals surface area (Å²) in [5, 5.41) is 0. The highest BCUT2D eigenvalue weighted by Crippen LogP contribution is 2.34. The van der Waals surface area contributed by atoms with Crippen LogP contribution in [0.2, 0.25) is 0 Å². The number of nitrogens with zero attached hydrogens (tertiary/aromatic N) is 2. The summed E-state index contributed by atoms with van der Waals surface area (Å²) in [5.74, 6) is -0.274. The van der Waals surface area contributed by atoms with Crippen LogP contribution in [0.15, 0.2) is 33.8 Å². The lowest BCUT2D eigenvalue weighted by atomic mass is 10.1. The standard InChI is InChI=1S/C10H10FN3S2/c1-6(12)9-7(11)3-2-4-8(9)15-10-13-5-14-16-10/h2-6H,12H2,1H3/t6-/m0/s1. The summed E-state index contributed by atoms with van der Waals surface area (Å²) in [5.41, 5.74) is 6.29. The molecule has 2 aromatic rings. The van der Waals surface area contributed by atoms with Crippen LogP contribution >= 0.6 is 23.3 Å². The summed E-state index contributed by atoms with van der Waals surface area (Å²) in [4.78, 5) is 4.85. The third kappa shape index (κ3) is 2.40. The Morgan fingerprint density at radius 3 is 2.94 bits per heavy atom. The van der Waals surface area contributed by atoms with Gasteiger partial charge in [-0.05, 0) is 30.6 Å². The largest absolute Gasteiger partial charge is 0.324 e. The number of hydrogen-bond donors (Lipinski definition) is 1. The van der Waals surface area contributed by atoms with Crippen molar-refractivity contribution in [1.82, 2.24) is 9.36 Å². The van der Waals surface area contributed by atoms with Gasteiger partial charge in [0.25, 0.3) is 0 Å². The molecule has 1 atom stereocenters. The summed E-state index contributed by atoms with van der Waals surface area (Å²) >= 11 is 2.67. The lowest BCUT2D eigenvalue weighted by molar-refractivity contribution is 0.585. The van der Waals surface area contributed by atoms with Gasteiger partial charge in [0, 0.05) is 16.5 Å². The Morgan fingerprint density at radius 2 is 2.31 bits per heavy atom. The van der Waals surface area contributed by atoms with E-state index < -0.39 is 0 Å². The van der Waals surface area contributed by atoms with E-state index in [4.69, 9.17) is 5.73 Å². The average molecular weight is 255 g/mol. The summed E-state index contributed by atoms with van der Waals surface area (Å²) in [6.45, 7) is 1.77. The quantitative estimate of drug-likeness (QED) is 0.916. The maximum atomic E-state index is 13.6. The maximum Gasteiger partial charge on any atom is 0.174 e. The molecular weight excluding hydrogens is 245 g/mol. The highest BCUT2D eigenvalue weighted by Gasteiger charge is 2.14. The molecule has 0 saturated heterocycles. The van der Waals surface area contributed by atoms with E-state index in [9.17, 15) is 4.39 Å². The van der Waals surface area contributed by atoms with Crippen LogP contribution in [0.1, 0.15) is 18.5 Å². The van der Waals surface area contributed by atoms with Gasteiger partial charge in [-0.25, -0.2) is 9.37 Å². The molecule has 6 heteroatoms. The number of hydrogen-bond acceptors (Lipinski definition) is 5. The molecule has 16 heavy (non-hydrogen) atoms. The molecule has 84 valence electrons. The lowest BCUT2D eigenvalue weighted by Crippen LogP contribution is -2.08. The maximum absolute atomic E-state index is 13.6. The van der Waals surface area contributed by atoms with E-state index in [2.05, 4.69) is 9.36 Å². The van der Waals surface area contributed by atoms with Crippen LogP contribution in [0.4, 0.5) is 4.39 Å². The van der Waals surface area contributed by atoms with E-state index >= 15 is 0 Å². The molecule has 0 aliphatic carbocycles. The van der Waals surface area contributed by atoms with E-state index in [1.165, 1.54) is 35.7 Å². The smallest absolute Gasteiger partial charge is 0.174 e. The van der Waals surface area contributed by atoms with Crippen molar-refractivity contribution < 1.29 is 4.39 Å². The second kappa shape index (κ2) is 4.90. The fourth-order valence-electron chi connectivity index (χ4n) is 1.35. The van der Waals surface area contributed by atoms with Crippen LogP contribution in [0.5, 0.6) is 0 Å². The molecule has 0 unspecified atom stereocenters. The van der Waals surface area contributed by atoms with Gasteiger partial charge in [0.2, 0.25) is 0 Å². The monoisotopic (exact) mass is 255 g/mol. The predicted octanol–water partition coefficient (Wildman–Crippen LogP) is 2.85. The van der Waals surface area contributed by atoms with E-state index in [0.29, 0.717) is 5.56 Å². The number of benzene rings is 1. The molecule has 1 heterocycles. The van der Waals surface area contributed by atoms with Gasteiger partial charge < -0.3 is 5.73 Å². The van der Waals surface area contributed by atoms with Crippen LogP contribution in [-0.2, 0) is 0 Å². The van der Waals surface area contributed by atoms with E-state index in [0.717, 1.165) is 9.24 Å². The molecule has 0 aliphatic rings. The Morgan fingerprint density at radius 1 is 1.50 bits per heavy atom. The Bertz CT molecular complexity index is 471.